The number of benzene rings is 1. The van der Waals surface area contributed by atoms with Crippen LogP contribution in [0.3, 0.4) is 0 Å². The maximum absolute atomic E-state index is 12.6. The van der Waals surface area contributed by atoms with Gasteiger partial charge in [0.05, 0.1) is 13.2 Å². The number of amides is 1. The first-order chi connectivity index (χ1) is 9.88. The number of halogens is 3. The molecule has 1 amide bonds. The number of rotatable bonds is 3. The number of phenols is 1. The second-order valence-corrected chi connectivity index (χ2v) is 4.50. The summed E-state index contributed by atoms with van der Waals surface area (Å²) in [4.78, 5) is 12.9. The van der Waals surface area contributed by atoms with Crippen LogP contribution in [0.1, 0.15) is 0 Å². The standard InChI is InChI=1S/C13H14F3NO4/c14-13(15,16)11-7-17(5-6-20-11)12(19)8-21-10-4-2-1-3-9(10)18/h1-4,11,18H,5-8H2/t11-/m1/s1. The van der Waals surface area contributed by atoms with Crippen molar-refractivity contribution in [1.29, 1.82) is 0 Å². The Labute approximate surface area is 118 Å². The maximum Gasteiger partial charge on any atom is 0.416 e. The number of alkyl halides is 3. The summed E-state index contributed by atoms with van der Waals surface area (Å²) in [5.41, 5.74) is 0. The molecule has 0 spiro atoms. The molecule has 21 heavy (non-hydrogen) atoms. The quantitative estimate of drug-likeness (QED) is 0.921. The van der Waals surface area contributed by atoms with E-state index in [0.29, 0.717) is 0 Å². The lowest BCUT2D eigenvalue weighted by atomic mass is 10.2. The van der Waals surface area contributed by atoms with E-state index >= 15 is 0 Å². The summed E-state index contributed by atoms with van der Waals surface area (Å²) < 4.78 is 47.4. The minimum atomic E-state index is -4.50. The van der Waals surface area contributed by atoms with Crippen molar-refractivity contribution >= 4 is 5.91 Å². The fourth-order valence-corrected chi connectivity index (χ4v) is 1.88. The highest BCUT2D eigenvalue weighted by Gasteiger charge is 2.44. The summed E-state index contributed by atoms with van der Waals surface area (Å²) in [6.07, 6.45) is -6.47. The van der Waals surface area contributed by atoms with E-state index in [1.807, 2.05) is 0 Å². The third-order valence-electron chi connectivity index (χ3n) is 3.00. The van der Waals surface area contributed by atoms with Crippen LogP contribution < -0.4 is 4.74 Å². The first-order valence-electron chi connectivity index (χ1n) is 6.25. The van der Waals surface area contributed by atoms with E-state index in [9.17, 15) is 23.1 Å². The van der Waals surface area contributed by atoms with E-state index in [0.717, 1.165) is 4.90 Å². The summed E-state index contributed by atoms with van der Waals surface area (Å²) in [6, 6.07) is 6.03. The van der Waals surface area contributed by atoms with Crippen molar-refractivity contribution in [1.82, 2.24) is 4.90 Å². The number of aromatic hydroxyl groups is 1. The molecule has 1 heterocycles. The maximum atomic E-state index is 12.6. The van der Waals surface area contributed by atoms with Gasteiger partial charge in [-0.25, -0.2) is 0 Å². The zero-order valence-electron chi connectivity index (χ0n) is 11.0. The molecule has 0 unspecified atom stereocenters. The van der Waals surface area contributed by atoms with Crippen molar-refractivity contribution in [3.63, 3.8) is 0 Å². The largest absolute Gasteiger partial charge is 0.504 e. The van der Waals surface area contributed by atoms with E-state index in [4.69, 9.17) is 4.74 Å². The van der Waals surface area contributed by atoms with Gasteiger partial charge in [0.15, 0.2) is 24.2 Å². The van der Waals surface area contributed by atoms with Gasteiger partial charge in [0.1, 0.15) is 0 Å². The molecule has 1 aromatic carbocycles. The molecular formula is C13H14F3NO4. The highest BCUT2D eigenvalue weighted by molar-refractivity contribution is 5.78. The lowest BCUT2D eigenvalue weighted by molar-refractivity contribution is -0.236. The van der Waals surface area contributed by atoms with Gasteiger partial charge in [-0.2, -0.15) is 13.2 Å². The van der Waals surface area contributed by atoms with E-state index < -0.39 is 31.3 Å². The third-order valence-corrected chi connectivity index (χ3v) is 3.00. The number of hydrogen-bond acceptors (Lipinski definition) is 4. The Hall–Kier alpha value is -1.96. The van der Waals surface area contributed by atoms with Crippen LogP contribution in [0.25, 0.3) is 0 Å². The molecule has 1 saturated heterocycles. The minimum absolute atomic E-state index is 0.0789. The number of ether oxygens (including phenoxy) is 2. The van der Waals surface area contributed by atoms with Crippen LogP contribution in [-0.2, 0) is 9.53 Å². The summed E-state index contributed by atoms with van der Waals surface area (Å²) in [5, 5.41) is 9.46. The Morgan fingerprint density at radius 3 is 2.81 bits per heavy atom. The lowest BCUT2D eigenvalue weighted by Crippen LogP contribution is -2.52. The van der Waals surface area contributed by atoms with Crippen LogP contribution >= 0.6 is 0 Å². The molecule has 0 bridgehead atoms. The van der Waals surface area contributed by atoms with E-state index in [1.165, 1.54) is 12.1 Å². The Morgan fingerprint density at radius 2 is 2.14 bits per heavy atom. The van der Waals surface area contributed by atoms with Crippen molar-refractivity contribution in [3.8, 4) is 11.5 Å². The average molecular weight is 305 g/mol. The number of carbonyl (C=O) groups is 1. The highest BCUT2D eigenvalue weighted by Crippen LogP contribution is 2.26. The van der Waals surface area contributed by atoms with Crippen LogP contribution in [0.4, 0.5) is 13.2 Å². The number of phenolic OH excluding ortho intramolecular Hbond substituents is 1. The van der Waals surface area contributed by atoms with Gasteiger partial charge in [-0.1, -0.05) is 12.1 Å². The first-order valence-corrected chi connectivity index (χ1v) is 6.25. The topological polar surface area (TPSA) is 59.0 Å². The molecular weight excluding hydrogens is 291 g/mol. The molecule has 0 saturated carbocycles. The van der Waals surface area contributed by atoms with E-state index in [-0.39, 0.29) is 24.7 Å². The molecule has 0 radical (unpaired) electrons. The SMILES string of the molecule is O=C(COc1ccccc1O)N1CCO[C@@H](C(F)(F)F)C1. The van der Waals surface area contributed by atoms with Gasteiger partial charge >= 0.3 is 6.18 Å². The molecule has 0 aliphatic carbocycles. The third kappa shape index (κ3) is 4.01. The molecule has 1 fully saturated rings. The minimum Gasteiger partial charge on any atom is -0.504 e. The highest BCUT2D eigenvalue weighted by atomic mass is 19.4. The van der Waals surface area contributed by atoms with Crippen LogP contribution in [0.5, 0.6) is 11.5 Å². The predicted octanol–water partition coefficient (Wildman–Crippen LogP) is 1.56. The number of carbonyl (C=O) groups excluding carboxylic acids is 1. The van der Waals surface area contributed by atoms with Gasteiger partial charge in [0.2, 0.25) is 0 Å². The average Bonchev–Trinajstić information content (AvgIpc) is 2.45. The molecule has 1 N–H and O–H groups in total. The zero-order chi connectivity index (χ0) is 15.5. The van der Waals surface area contributed by atoms with Crippen molar-refractivity contribution in [2.45, 2.75) is 12.3 Å². The van der Waals surface area contributed by atoms with E-state index in [2.05, 4.69) is 4.74 Å². The fourth-order valence-electron chi connectivity index (χ4n) is 1.88. The predicted molar refractivity (Wildman–Crippen MR) is 66.0 cm³/mol. The van der Waals surface area contributed by atoms with Crippen molar-refractivity contribution in [3.05, 3.63) is 24.3 Å². The Kier molecular flexibility index (Phi) is 4.56. The number of nitrogens with zero attached hydrogens (tertiary/aromatic N) is 1. The molecule has 5 nitrogen and oxygen atoms in total. The number of morpholine rings is 1. The van der Waals surface area contributed by atoms with Crippen LogP contribution in [-0.4, -0.2) is 54.5 Å². The molecule has 2 rings (SSSR count). The zero-order valence-corrected chi connectivity index (χ0v) is 11.0. The van der Waals surface area contributed by atoms with Gasteiger partial charge in [0, 0.05) is 6.54 Å². The summed E-state index contributed by atoms with van der Waals surface area (Å²) >= 11 is 0. The fraction of sp³-hybridized carbons (Fsp3) is 0.462. The second kappa shape index (κ2) is 6.21. The molecule has 116 valence electrons. The summed E-state index contributed by atoms with van der Waals surface area (Å²) in [5.74, 6) is -0.622. The van der Waals surface area contributed by atoms with Crippen LogP contribution in [0.2, 0.25) is 0 Å². The van der Waals surface area contributed by atoms with Gasteiger partial charge < -0.3 is 19.5 Å². The van der Waals surface area contributed by atoms with Crippen molar-refractivity contribution in [2.24, 2.45) is 0 Å². The van der Waals surface area contributed by atoms with E-state index in [1.54, 1.807) is 12.1 Å². The molecule has 1 aromatic rings. The monoisotopic (exact) mass is 305 g/mol. The summed E-state index contributed by atoms with van der Waals surface area (Å²) in [6.45, 7) is -1.09. The lowest BCUT2D eigenvalue weighted by Gasteiger charge is -2.33. The second-order valence-electron chi connectivity index (χ2n) is 4.50. The van der Waals surface area contributed by atoms with Crippen LogP contribution in [0.15, 0.2) is 24.3 Å². The smallest absolute Gasteiger partial charge is 0.416 e. The molecule has 1 atom stereocenters. The van der Waals surface area contributed by atoms with Crippen LogP contribution in [0, 0.1) is 0 Å². The first kappa shape index (κ1) is 15.4. The van der Waals surface area contributed by atoms with Gasteiger partial charge in [0.25, 0.3) is 5.91 Å². The molecule has 0 aromatic heterocycles. The molecule has 1 aliphatic heterocycles. The Balaban J connectivity index is 1.90. The van der Waals surface area contributed by atoms with Gasteiger partial charge in [-0.05, 0) is 12.1 Å². The Bertz CT molecular complexity index is 506. The number of para-hydroxylation sites is 2. The molecule has 1 aliphatic rings. The Morgan fingerprint density at radius 1 is 1.43 bits per heavy atom. The van der Waals surface area contributed by atoms with Gasteiger partial charge in [-0.3, -0.25) is 4.79 Å². The normalized spacial score (nSPS) is 19.4. The van der Waals surface area contributed by atoms with Gasteiger partial charge in [-0.15, -0.1) is 0 Å². The van der Waals surface area contributed by atoms with Crippen molar-refractivity contribution in [2.75, 3.05) is 26.3 Å². The number of hydrogen-bond donors (Lipinski definition) is 1. The molecule has 8 heteroatoms. The van der Waals surface area contributed by atoms with Crippen molar-refractivity contribution < 1.29 is 32.5 Å². The summed E-state index contributed by atoms with van der Waals surface area (Å²) in [7, 11) is 0.